The van der Waals surface area contributed by atoms with E-state index < -0.39 is 0 Å². The fraction of sp³-hybridized carbons (Fsp3) is 0.677. The monoisotopic (exact) mass is 525 g/mol. The molecule has 1 saturated heterocycles. The lowest BCUT2D eigenvalue weighted by Gasteiger charge is -2.39. The normalized spacial score (nSPS) is 20.5. The molecule has 2 aromatic carbocycles. The second-order valence-corrected chi connectivity index (χ2v) is 11.2. The molecule has 1 saturated carbocycles. The van der Waals surface area contributed by atoms with Crippen LogP contribution in [0.3, 0.4) is 0 Å². The van der Waals surface area contributed by atoms with E-state index >= 15 is 0 Å². The first-order valence-electron chi connectivity index (χ1n) is 14.8. The SMILES string of the molecule is CCNC[C@H](CC1CCCCC1)Nc1c(N2CCCC([C@@H](OCCCOC)c3ccccc3)C2)c(=O)c1=O. The number of methoxy groups -OCH3 is 1. The minimum absolute atomic E-state index is 0.0495. The van der Waals surface area contributed by atoms with Gasteiger partial charge >= 0.3 is 0 Å². The van der Waals surface area contributed by atoms with E-state index in [-0.39, 0.29) is 28.9 Å². The van der Waals surface area contributed by atoms with Crippen LogP contribution in [0.2, 0.25) is 0 Å². The van der Waals surface area contributed by atoms with Gasteiger partial charge in [-0.1, -0.05) is 69.4 Å². The van der Waals surface area contributed by atoms with Crippen LogP contribution in [-0.2, 0) is 9.47 Å². The third-order valence-corrected chi connectivity index (χ3v) is 8.34. The van der Waals surface area contributed by atoms with Gasteiger partial charge in [0, 0.05) is 51.9 Å². The quantitative estimate of drug-likeness (QED) is 0.259. The second-order valence-electron chi connectivity index (χ2n) is 11.2. The Morgan fingerprint density at radius 1 is 1.00 bits per heavy atom. The van der Waals surface area contributed by atoms with Crippen LogP contribution in [0.1, 0.15) is 76.4 Å². The lowest BCUT2D eigenvalue weighted by molar-refractivity contribution is -0.00235. The Balaban J connectivity index is 1.48. The van der Waals surface area contributed by atoms with Gasteiger partial charge in [0.25, 0.3) is 10.9 Å². The van der Waals surface area contributed by atoms with E-state index in [0.717, 1.165) is 45.3 Å². The molecule has 7 nitrogen and oxygen atoms in total. The van der Waals surface area contributed by atoms with Gasteiger partial charge in [-0.2, -0.15) is 0 Å². The predicted molar refractivity (Wildman–Crippen MR) is 155 cm³/mol. The first kappa shape index (κ1) is 28.8. The molecule has 1 aliphatic carbocycles. The maximum atomic E-state index is 12.9. The van der Waals surface area contributed by atoms with E-state index in [1.54, 1.807) is 7.11 Å². The van der Waals surface area contributed by atoms with Crippen molar-refractivity contribution >= 4 is 11.4 Å². The molecule has 0 aromatic heterocycles. The molecule has 2 aromatic rings. The number of benzene rings is 1. The van der Waals surface area contributed by atoms with Gasteiger partial charge in [-0.15, -0.1) is 0 Å². The standard InChI is InChI=1S/C31H47N3O4/c1-3-32-21-26(20-23-12-6-4-7-13-23)33-27-28(30(36)29(27)35)34-17-10-16-25(22-34)31(38-19-11-18-37-2)24-14-8-5-9-15-24/h5,8-9,14-15,23,25-26,31-33H,3-4,6-7,10-13,16-22H2,1-2H3/t25?,26-,31-/m0/s1. The van der Waals surface area contributed by atoms with Crippen molar-refractivity contribution in [1.29, 1.82) is 0 Å². The van der Waals surface area contributed by atoms with Crippen LogP contribution < -0.4 is 26.4 Å². The lowest BCUT2D eigenvalue weighted by Crippen LogP contribution is -2.49. The maximum absolute atomic E-state index is 12.9. The Bertz CT molecular complexity index is 1030. The largest absolute Gasteiger partial charge is 0.385 e. The average Bonchev–Trinajstić information content (AvgIpc) is 2.96. The average molecular weight is 526 g/mol. The Kier molecular flexibility index (Phi) is 11.2. The van der Waals surface area contributed by atoms with Gasteiger partial charge in [0.2, 0.25) is 0 Å². The molecule has 2 fully saturated rings. The highest BCUT2D eigenvalue weighted by molar-refractivity contribution is 5.75. The van der Waals surface area contributed by atoms with Gasteiger partial charge < -0.3 is 25.0 Å². The van der Waals surface area contributed by atoms with Crippen molar-refractivity contribution < 1.29 is 9.47 Å². The fourth-order valence-electron chi connectivity index (χ4n) is 6.38. The van der Waals surface area contributed by atoms with Crippen LogP contribution in [-0.4, -0.2) is 52.5 Å². The summed E-state index contributed by atoms with van der Waals surface area (Å²) in [7, 11) is 1.71. The van der Waals surface area contributed by atoms with Crippen LogP contribution in [0.5, 0.6) is 0 Å². The number of piperidine rings is 1. The van der Waals surface area contributed by atoms with Crippen molar-refractivity contribution in [2.24, 2.45) is 11.8 Å². The van der Waals surface area contributed by atoms with E-state index in [1.165, 1.54) is 37.7 Å². The number of hydrogen-bond acceptors (Lipinski definition) is 7. The predicted octanol–water partition coefficient (Wildman–Crippen LogP) is 4.65. The summed E-state index contributed by atoms with van der Waals surface area (Å²) in [5.41, 5.74) is 1.59. The van der Waals surface area contributed by atoms with Crippen LogP contribution in [0.4, 0.5) is 11.4 Å². The van der Waals surface area contributed by atoms with Crippen molar-refractivity contribution in [2.75, 3.05) is 56.7 Å². The van der Waals surface area contributed by atoms with E-state index in [1.807, 2.05) is 6.07 Å². The molecule has 0 amide bonds. The molecule has 3 atom stereocenters. The van der Waals surface area contributed by atoms with Crippen LogP contribution in [0.15, 0.2) is 39.9 Å². The third-order valence-electron chi connectivity index (χ3n) is 8.34. The molecule has 0 radical (unpaired) electrons. The number of nitrogens with zero attached hydrogens (tertiary/aromatic N) is 1. The van der Waals surface area contributed by atoms with Gasteiger partial charge in [-0.3, -0.25) is 9.59 Å². The van der Waals surface area contributed by atoms with E-state index in [0.29, 0.717) is 37.1 Å². The van der Waals surface area contributed by atoms with E-state index in [9.17, 15) is 9.59 Å². The molecule has 1 heterocycles. The summed E-state index contributed by atoms with van der Waals surface area (Å²) in [4.78, 5) is 27.9. The number of anilines is 2. The molecule has 0 spiro atoms. The first-order valence-corrected chi connectivity index (χ1v) is 14.8. The van der Waals surface area contributed by atoms with E-state index in [4.69, 9.17) is 9.47 Å². The fourth-order valence-corrected chi connectivity index (χ4v) is 6.38. The molecule has 1 unspecified atom stereocenters. The smallest absolute Gasteiger partial charge is 0.253 e. The Morgan fingerprint density at radius 3 is 2.53 bits per heavy atom. The Labute approximate surface area is 228 Å². The highest BCUT2D eigenvalue weighted by atomic mass is 16.5. The van der Waals surface area contributed by atoms with Gasteiger partial charge in [0.15, 0.2) is 0 Å². The number of ether oxygens (including phenoxy) is 2. The number of likely N-dealkylation sites (N-methyl/N-ethyl adjacent to an activating group) is 1. The summed E-state index contributed by atoms with van der Waals surface area (Å²) in [6.07, 6.45) is 10.3. The first-order chi connectivity index (χ1) is 18.6. The molecule has 1 aliphatic heterocycles. The molecule has 38 heavy (non-hydrogen) atoms. The summed E-state index contributed by atoms with van der Waals surface area (Å²) >= 11 is 0. The summed E-state index contributed by atoms with van der Waals surface area (Å²) < 4.78 is 11.6. The molecular weight excluding hydrogens is 478 g/mol. The van der Waals surface area contributed by atoms with Gasteiger partial charge in [-0.05, 0) is 43.7 Å². The van der Waals surface area contributed by atoms with Gasteiger partial charge in [-0.25, -0.2) is 0 Å². The zero-order valence-corrected chi connectivity index (χ0v) is 23.4. The summed E-state index contributed by atoms with van der Waals surface area (Å²) in [5, 5.41) is 7.01. The number of hydrogen-bond donors (Lipinski definition) is 2. The molecule has 7 heteroatoms. The van der Waals surface area contributed by atoms with Crippen molar-refractivity contribution in [3.63, 3.8) is 0 Å². The Morgan fingerprint density at radius 2 is 1.79 bits per heavy atom. The van der Waals surface area contributed by atoms with Gasteiger partial charge in [0.05, 0.1) is 6.10 Å². The molecule has 4 rings (SSSR count). The second kappa shape index (κ2) is 14.8. The maximum Gasteiger partial charge on any atom is 0.253 e. The highest BCUT2D eigenvalue weighted by Gasteiger charge is 2.34. The summed E-state index contributed by atoms with van der Waals surface area (Å²) in [5.74, 6) is 0.932. The zero-order chi connectivity index (χ0) is 26.7. The number of nitrogens with one attached hydrogen (secondary N) is 2. The van der Waals surface area contributed by atoms with Crippen molar-refractivity contribution in [3.8, 4) is 0 Å². The minimum atomic E-state index is -0.359. The summed E-state index contributed by atoms with van der Waals surface area (Å²) in [6.45, 7) is 6.61. The van der Waals surface area contributed by atoms with Gasteiger partial charge in [0.1, 0.15) is 11.4 Å². The van der Waals surface area contributed by atoms with Crippen molar-refractivity contribution in [1.82, 2.24) is 5.32 Å². The lowest BCUT2D eigenvalue weighted by atomic mass is 9.84. The molecule has 2 aliphatic rings. The molecule has 0 bridgehead atoms. The molecular formula is C31H47N3O4. The van der Waals surface area contributed by atoms with E-state index in [2.05, 4.69) is 46.7 Å². The van der Waals surface area contributed by atoms with Crippen LogP contribution in [0, 0.1) is 11.8 Å². The topological polar surface area (TPSA) is 79.9 Å². The molecule has 2 N–H and O–H groups in total. The van der Waals surface area contributed by atoms with Crippen LogP contribution >= 0.6 is 0 Å². The highest BCUT2D eigenvalue weighted by Crippen LogP contribution is 2.36. The zero-order valence-electron chi connectivity index (χ0n) is 23.4. The third kappa shape index (κ3) is 7.45. The minimum Gasteiger partial charge on any atom is -0.385 e. The summed E-state index contributed by atoms with van der Waals surface area (Å²) in [6, 6.07) is 10.5. The van der Waals surface area contributed by atoms with Crippen molar-refractivity contribution in [2.45, 2.75) is 76.9 Å². The Hall–Kier alpha value is -2.22. The van der Waals surface area contributed by atoms with Crippen LogP contribution in [0.25, 0.3) is 0 Å². The number of rotatable bonds is 15. The van der Waals surface area contributed by atoms with Crippen molar-refractivity contribution in [3.05, 3.63) is 56.3 Å². The molecule has 210 valence electrons.